The number of hydrogen-bond donors (Lipinski definition) is 3. The minimum atomic E-state index is -4.53. The van der Waals surface area contributed by atoms with Crippen LogP contribution in [0.25, 0.3) is 22.6 Å². The maximum Gasteiger partial charge on any atom is 0.416 e. The van der Waals surface area contributed by atoms with Gasteiger partial charge in [0.05, 0.1) is 12.2 Å². The summed E-state index contributed by atoms with van der Waals surface area (Å²) in [5.74, 6) is -5.73. The predicted molar refractivity (Wildman–Crippen MR) is 135 cm³/mol. The topological polar surface area (TPSA) is 113 Å². The number of aliphatic hydroxyl groups excluding tert-OH is 1. The number of aromatic nitrogens is 4. The molecule has 13 heteroatoms. The van der Waals surface area contributed by atoms with Crippen LogP contribution in [0.1, 0.15) is 46.2 Å². The highest BCUT2D eigenvalue weighted by atomic mass is 19.4. The van der Waals surface area contributed by atoms with E-state index in [9.17, 15) is 37.0 Å². The van der Waals surface area contributed by atoms with Crippen molar-refractivity contribution in [2.45, 2.75) is 51.6 Å². The number of anilines is 1. The Labute approximate surface area is 224 Å². The minimum absolute atomic E-state index is 0.0405. The molecule has 1 unspecified atom stereocenters. The molecule has 8 nitrogen and oxygen atoms in total. The van der Waals surface area contributed by atoms with E-state index in [-0.39, 0.29) is 42.4 Å². The summed E-state index contributed by atoms with van der Waals surface area (Å²) in [5, 5.41) is 22.5. The van der Waals surface area contributed by atoms with E-state index in [0.29, 0.717) is 16.7 Å². The van der Waals surface area contributed by atoms with Crippen LogP contribution < -0.4 is 5.32 Å². The van der Waals surface area contributed by atoms with E-state index in [0.717, 1.165) is 17.7 Å². The Hall–Kier alpha value is -4.13. The Kier molecular flexibility index (Phi) is 6.73. The van der Waals surface area contributed by atoms with Gasteiger partial charge in [-0.1, -0.05) is 29.8 Å². The molecular formula is C27H24F5N5O3. The molecule has 2 heterocycles. The van der Waals surface area contributed by atoms with Crippen LogP contribution in [0.15, 0.2) is 42.5 Å². The summed E-state index contributed by atoms with van der Waals surface area (Å²) in [6.45, 7) is 2.95. The molecule has 0 amide bonds. The van der Waals surface area contributed by atoms with Crippen molar-refractivity contribution in [3.05, 3.63) is 70.5 Å². The van der Waals surface area contributed by atoms with Crippen LogP contribution in [-0.2, 0) is 19.3 Å². The summed E-state index contributed by atoms with van der Waals surface area (Å²) in [4.78, 5) is 24.5. The van der Waals surface area contributed by atoms with E-state index in [1.807, 2.05) is 6.92 Å². The standard InChI is InChI=1S/C27H24F5N5O3/c1-13-3-6-16(12-38)18(9-13)24-36-22-20(37(24)11-15-4-7-17(8-5-15)27(30,31)32)21(34-23(35-22)25(39)40)33-14(2)19-10-26(19,28)29/h3-9,14,19,38H,10-12H2,1-2H3,(H,39,40)(H,33,34,35)/t14-,19?/m1/s1. The van der Waals surface area contributed by atoms with Crippen LogP contribution >= 0.6 is 0 Å². The monoisotopic (exact) mass is 561 g/mol. The minimum Gasteiger partial charge on any atom is -0.475 e. The molecule has 1 saturated carbocycles. The number of aromatic carboxylic acids is 1. The number of halogens is 5. The van der Waals surface area contributed by atoms with E-state index in [1.54, 1.807) is 22.8 Å². The first-order valence-corrected chi connectivity index (χ1v) is 12.3. The highest BCUT2D eigenvalue weighted by Crippen LogP contribution is 2.51. The molecule has 40 heavy (non-hydrogen) atoms. The van der Waals surface area contributed by atoms with Crippen LogP contribution in [-0.4, -0.2) is 47.7 Å². The number of benzene rings is 2. The number of aliphatic hydroxyl groups is 1. The van der Waals surface area contributed by atoms with Crippen molar-refractivity contribution in [3.8, 4) is 11.4 Å². The predicted octanol–water partition coefficient (Wildman–Crippen LogP) is 5.51. The lowest BCUT2D eigenvalue weighted by Gasteiger charge is -2.18. The molecular weight excluding hydrogens is 537 g/mol. The van der Waals surface area contributed by atoms with E-state index in [1.165, 1.54) is 19.1 Å². The average molecular weight is 562 g/mol. The molecule has 1 aliphatic carbocycles. The second kappa shape index (κ2) is 9.81. The number of nitrogens with zero attached hydrogens (tertiary/aromatic N) is 4. The first-order chi connectivity index (χ1) is 18.8. The lowest BCUT2D eigenvalue weighted by molar-refractivity contribution is -0.137. The number of alkyl halides is 5. The molecule has 0 bridgehead atoms. The zero-order chi connectivity index (χ0) is 29.0. The average Bonchev–Trinajstić information content (AvgIpc) is 3.38. The van der Waals surface area contributed by atoms with Crippen LogP contribution in [0.2, 0.25) is 0 Å². The lowest BCUT2D eigenvalue weighted by atomic mass is 10.0. The second-order valence-electron chi connectivity index (χ2n) is 9.91. The van der Waals surface area contributed by atoms with E-state index in [4.69, 9.17) is 0 Å². The SMILES string of the molecule is Cc1ccc(CO)c(-c2nc3nc(C(=O)O)nc(N[C@H](C)C4CC4(F)F)c3n2Cc2ccc(C(F)(F)F)cc2)c1. The third-order valence-electron chi connectivity index (χ3n) is 6.94. The van der Waals surface area contributed by atoms with Gasteiger partial charge in [0, 0.05) is 30.5 Å². The van der Waals surface area contributed by atoms with Crippen LogP contribution in [0.3, 0.4) is 0 Å². The summed E-state index contributed by atoms with van der Waals surface area (Å²) in [6, 6.07) is 8.91. The van der Waals surface area contributed by atoms with Crippen molar-refractivity contribution < 1.29 is 37.0 Å². The number of fused-ring (bicyclic) bond motifs is 1. The first-order valence-electron chi connectivity index (χ1n) is 12.3. The van der Waals surface area contributed by atoms with Crippen molar-refractivity contribution >= 4 is 23.0 Å². The molecule has 1 fully saturated rings. The molecule has 3 N–H and O–H groups in total. The van der Waals surface area contributed by atoms with Crippen LogP contribution in [0.4, 0.5) is 27.8 Å². The third kappa shape index (κ3) is 5.20. The maximum atomic E-state index is 13.8. The van der Waals surface area contributed by atoms with Gasteiger partial charge in [-0.05, 0) is 43.2 Å². The molecule has 2 aromatic carbocycles. The molecule has 0 aliphatic heterocycles. The molecule has 1 aliphatic rings. The first kappa shape index (κ1) is 27.4. The fraction of sp³-hybridized carbons (Fsp3) is 0.333. The summed E-state index contributed by atoms with van der Waals surface area (Å²) in [7, 11) is 0. The van der Waals surface area contributed by atoms with Crippen LogP contribution in [0, 0.1) is 12.8 Å². The number of hydrogen-bond acceptors (Lipinski definition) is 6. The second-order valence-corrected chi connectivity index (χ2v) is 9.91. The summed E-state index contributed by atoms with van der Waals surface area (Å²) >= 11 is 0. The largest absolute Gasteiger partial charge is 0.475 e. The Balaban J connectivity index is 1.72. The highest BCUT2D eigenvalue weighted by molar-refractivity contribution is 5.92. The summed E-state index contributed by atoms with van der Waals surface area (Å²) in [6.07, 6.45) is -4.86. The molecule has 0 radical (unpaired) electrons. The molecule has 5 rings (SSSR count). The lowest BCUT2D eigenvalue weighted by Crippen LogP contribution is -2.23. The van der Waals surface area contributed by atoms with Gasteiger partial charge in [0.25, 0.3) is 5.92 Å². The molecule has 4 aromatic rings. The smallest absolute Gasteiger partial charge is 0.416 e. The van der Waals surface area contributed by atoms with Gasteiger partial charge in [0.1, 0.15) is 11.3 Å². The van der Waals surface area contributed by atoms with Gasteiger partial charge in [-0.25, -0.2) is 28.5 Å². The van der Waals surface area contributed by atoms with Gasteiger partial charge in [-0.3, -0.25) is 0 Å². The maximum absolute atomic E-state index is 13.8. The molecule has 0 spiro atoms. The van der Waals surface area contributed by atoms with Crippen LogP contribution in [0.5, 0.6) is 0 Å². The number of carboxylic acid groups (broad SMARTS) is 1. The van der Waals surface area contributed by atoms with Gasteiger partial charge in [0.2, 0.25) is 5.82 Å². The molecule has 2 atom stereocenters. The van der Waals surface area contributed by atoms with Gasteiger partial charge in [0.15, 0.2) is 11.5 Å². The molecule has 210 valence electrons. The fourth-order valence-electron chi connectivity index (χ4n) is 4.70. The van der Waals surface area contributed by atoms with E-state index >= 15 is 0 Å². The number of carboxylic acids is 1. The van der Waals surface area contributed by atoms with Gasteiger partial charge in [-0.2, -0.15) is 13.2 Å². The van der Waals surface area contributed by atoms with Crippen molar-refractivity contribution in [2.24, 2.45) is 5.92 Å². The Morgan fingerprint density at radius 3 is 2.40 bits per heavy atom. The van der Waals surface area contributed by atoms with Crippen molar-refractivity contribution in [3.63, 3.8) is 0 Å². The Morgan fingerprint density at radius 1 is 1.15 bits per heavy atom. The van der Waals surface area contributed by atoms with E-state index in [2.05, 4.69) is 20.3 Å². The number of imidazole rings is 1. The highest BCUT2D eigenvalue weighted by Gasteiger charge is 2.59. The number of nitrogens with one attached hydrogen (secondary N) is 1. The Bertz CT molecular complexity index is 1600. The van der Waals surface area contributed by atoms with Crippen molar-refractivity contribution in [1.29, 1.82) is 0 Å². The third-order valence-corrected chi connectivity index (χ3v) is 6.94. The quantitative estimate of drug-likeness (QED) is 0.243. The fourth-order valence-corrected chi connectivity index (χ4v) is 4.70. The summed E-state index contributed by atoms with van der Waals surface area (Å²) < 4.78 is 68.7. The molecule has 2 aromatic heterocycles. The zero-order valence-corrected chi connectivity index (χ0v) is 21.3. The van der Waals surface area contributed by atoms with Gasteiger partial charge < -0.3 is 20.1 Å². The number of aryl methyl sites for hydroxylation is 1. The van der Waals surface area contributed by atoms with Gasteiger partial charge in [-0.15, -0.1) is 0 Å². The normalized spacial score (nSPS) is 17.1. The van der Waals surface area contributed by atoms with Crippen molar-refractivity contribution in [1.82, 2.24) is 19.5 Å². The van der Waals surface area contributed by atoms with Crippen molar-refractivity contribution in [2.75, 3.05) is 5.32 Å². The number of rotatable bonds is 8. The summed E-state index contributed by atoms with van der Waals surface area (Å²) in [5.41, 5.74) is 1.53. The Morgan fingerprint density at radius 2 is 1.82 bits per heavy atom. The number of carbonyl (C=O) groups is 1. The van der Waals surface area contributed by atoms with Gasteiger partial charge >= 0.3 is 12.1 Å². The molecule has 0 saturated heterocycles. The van der Waals surface area contributed by atoms with E-state index < -0.39 is 41.4 Å². The zero-order valence-electron chi connectivity index (χ0n) is 21.3.